The second kappa shape index (κ2) is 3.25. The zero-order valence-electron chi connectivity index (χ0n) is 9.59. The van der Waals surface area contributed by atoms with E-state index in [0.717, 1.165) is 19.0 Å². The summed E-state index contributed by atoms with van der Waals surface area (Å²) in [5.41, 5.74) is -0.305. The van der Waals surface area contributed by atoms with Gasteiger partial charge in [-0.1, -0.05) is 6.92 Å². The summed E-state index contributed by atoms with van der Waals surface area (Å²) in [5.74, 6) is 0.761. The molecule has 0 aliphatic carbocycles. The molecule has 1 aliphatic rings. The van der Waals surface area contributed by atoms with Crippen LogP contribution in [0.1, 0.15) is 41.0 Å². The van der Waals surface area contributed by atoms with Gasteiger partial charge in [0, 0.05) is 18.6 Å². The highest BCUT2D eigenvalue weighted by atomic mass is 16.3. The predicted molar refractivity (Wildman–Crippen MR) is 55.7 cm³/mol. The Morgan fingerprint density at radius 1 is 1.46 bits per heavy atom. The van der Waals surface area contributed by atoms with Crippen LogP contribution in [-0.4, -0.2) is 34.2 Å². The molecule has 1 rings (SSSR count). The van der Waals surface area contributed by atoms with Crippen molar-refractivity contribution in [2.45, 2.75) is 52.2 Å². The Kier molecular flexibility index (Phi) is 2.75. The Morgan fingerprint density at radius 3 is 2.31 bits per heavy atom. The lowest BCUT2D eigenvalue weighted by atomic mass is 9.97. The molecular weight excluding hydrogens is 162 g/mol. The summed E-state index contributed by atoms with van der Waals surface area (Å²) >= 11 is 0. The van der Waals surface area contributed by atoms with Gasteiger partial charge in [0.1, 0.15) is 0 Å². The minimum Gasteiger partial charge on any atom is -0.389 e. The van der Waals surface area contributed by atoms with Crippen LogP contribution in [0.15, 0.2) is 0 Å². The Labute approximate surface area is 81.9 Å². The number of likely N-dealkylation sites (tertiary alicyclic amines) is 1. The molecule has 13 heavy (non-hydrogen) atoms. The zero-order valence-corrected chi connectivity index (χ0v) is 9.59. The topological polar surface area (TPSA) is 23.5 Å². The van der Waals surface area contributed by atoms with Crippen molar-refractivity contribution >= 4 is 0 Å². The van der Waals surface area contributed by atoms with Gasteiger partial charge in [-0.15, -0.1) is 0 Å². The van der Waals surface area contributed by atoms with Gasteiger partial charge in [0.15, 0.2) is 0 Å². The molecule has 1 atom stereocenters. The third-order valence-corrected chi connectivity index (χ3v) is 2.81. The smallest absolute Gasteiger partial charge is 0.0718 e. The molecule has 78 valence electrons. The van der Waals surface area contributed by atoms with Gasteiger partial charge in [-0.05, 0) is 40.0 Å². The molecule has 0 aromatic heterocycles. The van der Waals surface area contributed by atoms with Crippen molar-refractivity contribution in [2.75, 3.05) is 13.1 Å². The van der Waals surface area contributed by atoms with E-state index in [4.69, 9.17) is 0 Å². The summed E-state index contributed by atoms with van der Waals surface area (Å²) in [5, 5.41) is 9.75. The number of nitrogens with zero attached hydrogens (tertiary/aromatic N) is 1. The maximum atomic E-state index is 9.75. The third kappa shape index (κ3) is 2.96. The summed E-state index contributed by atoms with van der Waals surface area (Å²) in [6.07, 6.45) is 1.24. The Morgan fingerprint density at radius 2 is 2.00 bits per heavy atom. The normalized spacial score (nSPS) is 29.5. The summed E-state index contributed by atoms with van der Waals surface area (Å²) in [7, 11) is 0. The van der Waals surface area contributed by atoms with Gasteiger partial charge in [0.05, 0.1) is 5.60 Å². The molecule has 0 bridgehead atoms. The summed E-state index contributed by atoms with van der Waals surface area (Å²) in [6.45, 7) is 12.5. The van der Waals surface area contributed by atoms with Crippen LogP contribution in [-0.2, 0) is 0 Å². The first-order chi connectivity index (χ1) is 5.71. The molecule has 1 fully saturated rings. The molecule has 1 N–H and O–H groups in total. The monoisotopic (exact) mass is 185 g/mol. The Balaban J connectivity index is 2.60. The second-order valence-corrected chi connectivity index (χ2v) is 5.81. The van der Waals surface area contributed by atoms with Crippen molar-refractivity contribution in [3.05, 3.63) is 0 Å². The molecule has 0 aromatic rings. The van der Waals surface area contributed by atoms with Gasteiger partial charge < -0.3 is 5.11 Å². The average molecular weight is 185 g/mol. The lowest BCUT2D eigenvalue weighted by Crippen LogP contribution is -2.46. The minimum absolute atomic E-state index is 0.263. The minimum atomic E-state index is -0.568. The van der Waals surface area contributed by atoms with Crippen LogP contribution >= 0.6 is 0 Å². The highest BCUT2D eigenvalue weighted by Crippen LogP contribution is 2.33. The van der Waals surface area contributed by atoms with Crippen LogP contribution < -0.4 is 0 Å². The van der Waals surface area contributed by atoms with E-state index in [1.54, 1.807) is 0 Å². The molecule has 0 radical (unpaired) electrons. The van der Waals surface area contributed by atoms with Crippen LogP contribution in [0.4, 0.5) is 0 Å². The molecule has 0 amide bonds. The molecular formula is C11H23NO. The Bertz CT molecular complexity index is 181. The van der Waals surface area contributed by atoms with Gasteiger partial charge in [-0.3, -0.25) is 4.90 Å². The van der Waals surface area contributed by atoms with E-state index >= 15 is 0 Å². The van der Waals surface area contributed by atoms with E-state index in [9.17, 15) is 5.11 Å². The molecule has 2 nitrogen and oxygen atoms in total. The van der Waals surface area contributed by atoms with Crippen LogP contribution in [0.25, 0.3) is 0 Å². The first-order valence-corrected chi connectivity index (χ1v) is 5.18. The quantitative estimate of drug-likeness (QED) is 0.710. The number of hydrogen-bond donors (Lipinski definition) is 1. The fourth-order valence-corrected chi connectivity index (χ4v) is 2.42. The van der Waals surface area contributed by atoms with Gasteiger partial charge in [-0.2, -0.15) is 0 Å². The van der Waals surface area contributed by atoms with E-state index in [-0.39, 0.29) is 5.54 Å². The third-order valence-electron chi connectivity index (χ3n) is 2.81. The van der Waals surface area contributed by atoms with Gasteiger partial charge in [0.2, 0.25) is 0 Å². The Hall–Kier alpha value is -0.0800. The fraction of sp³-hybridized carbons (Fsp3) is 1.00. The van der Waals surface area contributed by atoms with Crippen molar-refractivity contribution in [1.82, 2.24) is 4.90 Å². The summed E-state index contributed by atoms with van der Waals surface area (Å²) in [6, 6.07) is 0. The van der Waals surface area contributed by atoms with E-state index in [1.165, 1.54) is 6.42 Å². The van der Waals surface area contributed by atoms with Gasteiger partial charge in [0.25, 0.3) is 0 Å². The molecule has 2 heteroatoms. The average Bonchev–Trinajstić information content (AvgIpc) is 2.00. The molecule has 1 saturated heterocycles. The second-order valence-electron chi connectivity index (χ2n) is 5.81. The predicted octanol–water partition coefficient (Wildman–Crippen LogP) is 1.88. The number of hydrogen-bond acceptors (Lipinski definition) is 2. The van der Waals surface area contributed by atoms with Crippen molar-refractivity contribution in [3.63, 3.8) is 0 Å². The van der Waals surface area contributed by atoms with E-state index in [1.807, 2.05) is 13.8 Å². The van der Waals surface area contributed by atoms with Crippen molar-refractivity contribution < 1.29 is 5.11 Å². The number of β-amino-alcohol motifs (C(OH)–C–C–N with tert-alkyl or cyclic N) is 1. The molecule has 0 spiro atoms. The fourth-order valence-electron chi connectivity index (χ4n) is 2.42. The van der Waals surface area contributed by atoms with E-state index in [0.29, 0.717) is 0 Å². The maximum absolute atomic E-state index is 9.75. The first-order valence-electron chi connectivity index (χ1n) is 5.18. The highest BCUT2D eigenvalue weighted by Gasteiger charge is 2.38. The largest absolute Gasteiger partial charge is 0.389 e. The van der Waals surface area contributed by atoms with Crippen LogP contribution in [0.5, 0.6) is 0 Å². The summed E-state index contributed by atoms with van der Waals surface area (Å²) in [4.78, 5) is 2.40. The molecule has 1 heterocycles. The van der Waals surface area contributed by atoms with Crippen molar-refractivity contribution in [3.8, 4) is 0 Å². The summed E-state index contributed by atoms with van der Waals surface area (Å²) < 4.78 is 0. The van der Waals surface area contributed by atoms with E-state index in [2.05, 4.69) is 25.7 Å². The molecule has 0 aromatic carbocycles. The van der Waals surface area contributed by atoms with Crippen LogP contribution in [0.2, 0.25) is 0 Å². The SMILES string of the molecule is CC1CN(CC(C)(C)O)C(C)(C)C1. The van der Waals surface area contributed by atoms with E-state index < -0.39 is 5.60 Å². The van der Waals surface area contributed by atoms with Crippen molar-refractivity contribution in [1.29, 1.82) is 0 Å². The first kappa shape index (κ1) is 11.0. The van der Waals surface area contributed by atoms with Crippen molar-refractivity contribution in [2.24, 2.45) is 5.92 Å². The number of aliphatic hydroxyl groups is 1. The molecule has 1 unspecified atom stereocenters. The standard InChI is InChI=1S/C11H23NO/c1-9-6-10(2,3)12(7-9)8-11(4,5)13/h9,13H,6-8H2,1-5H3. The lowest BCUT2D eigenvalue weighted by molar-refractivity contribution is 0.0151. The lowest BCUT2D eigenvalue weighted by Gasteiger charge is -2.35. The van der Waals surface area contributed by atoms with Gasteiger partial charge >= 0.3 is 0 Å². The zero-order chi connectivity index (χ0) is 10.3. The van der Waals surface area contributed by atoms with Crippen LogP contribution in [0, 0.1) is 5.92 Å². The highest BCUT2D eigenvalue weighted by molar-refractivity contribution is 4.93. The maximum Gasteiger partial charge on any atom is 0.0718 e. The molecule has 0 saturated carbocycles. The molecule has 1 aliphatic heterocycles. The van der Waals surface area contributed by atoms with Crippen LogP contribution in [0.3, 0.4) is 0 Å². The van der Waals surface area contributed by atoms with Gasteiger partial charge in [-0.25, -0.2) is 0 Å². The number of rotatable bonds is 2.